The van der Waals surface area contributed by atoms with Crippen molar-refractivity contribution in [1.82, 2.24) is 16.0 Å². The standard InChI is InChI=1S/C21H33N5O6S/c1-12(18(28)25-16(21(31)32)4-2-3-9-22)24-20(30)17(26-19(29)15(23)11-33)10-13-5-7-14(27)8-6-13/h5-8,12,15-17,27,33H,2-4,9-11,22-23H2,1H3,(H,24,30)(H,25,28)(H,26,29)(H,31,32). The van der Waals surface area contributed by atoms with E-state index in [4.69, 9.17) is 11.5 Å². The Balaban J connectivity index is 2.85. The van der Waals surface area contributed by atoms with E-state index in [1.54, 1.807) is 12.1 Å². The molecule has 1 rings (SSSR count). The lowest BCUT2D eigenvalue weighted by atomic mass is 10.0. The van der Waals surface area contributed by atoms with Gasteiger partial charge in [-0.05, 0) is 50.4 Å². The molecule has 0 heterocycles. The van der Waals surface area contributed by atoms with E-state index in [-0.39, 0.29) is 24.3 Å². The fourth-order valence-corrected chi connectivity index (χ4v) is 3.03. The van der Waals surface area contributed by atoms with Crippen molar-refractivity contribution in [3.05, 3.63) is 29.8 Å². The zero-order valence-corrected chi connectivity index (χ0v) is 19.4. The number of hydrogen-bond acceptors (Lipinski definition) is 8. The Bertz CT molecular complexity index is 807. The maximum absolute atomic E-state index is 12.9. The summed E-state index contributed by atoms with van der Waals surface area (Å²) in [6.45, 7) is 1.82. The summed E-state index contributed by atoms with van der Waals surface area (Å²) in [7, 11) is 0. The molecule has 4 atom stereocenters. The second kappa shape index (κ2) is 14.3. The molecule has 184 valence electrons. The number of unbranched alkanes of at least 4 members (excludes halogenated alkanes) is 1. The van der Waals surface area contributed by atoms with Crippen LogP contribution in [0.1, 0.15) is 31.7 Å². The number of rotatable bonds is 14. The minimum Gasteiger partial charge on any atom is -0.508 e. The van der Waals surface area contributed by atoms with Crippen molar-refractivity contribution in [3.8, 4) is 5.75 Å². The summed E-state index contributed by atoms with van der Waals surface area (Å²) >= 11 is 3.98. The van der Waals surface area contributed by atoms with Crippen molar-refractivity contribution >= 4 is 36.3 Å². The first-order valence-corrected chi connectivity index (χ1v) is 11.2. The molecule has 0 aliphatic rings. The van der Waals surface area contributed by atoms with Crippen molar-refractivity contribution in [2.75, 3.05) is 12.3 Å². The normalized spacial score (nSPS) is 14.4. The third kappa shape index (κ3) is 10.1. The van der Waals surface area contributed by atoms with Crippen LogP contribution in [0.2, 0.25) is 0 Å². The van der Waals surface area contributed by atoms with E-state index in [0.29, 0.717) is 24.9 Å². The maximum Gasteiger partial charge on any atom is 0.326 e. The minimum absolute atomic E-state index is 0.0469. The topological polar surface area (TPSA) is 197 Å². The Hall–Kier alpha value is -2.83. The number of amides is 3. The number of aromatic hydroxyl groups is 1. The van der Waals surface area contributed by atoms with Crippen molar-refractivity contribution in [1.29, 1.82) is 0 Å². The number of phenols is 1. The highest BCUT2D eigenvalue weighted by Crippen LogP contribution is 2.12. The molecule has 12 heteroatoms. The summed E-state index contributed by atoms with van der Waals surface area (Å²) in [6.07, 6.45) is 1.43. The van der Waals surface area contributed by atoms with E-state index in [1.165, 1.54) is 19.1 Å². The molecule has 0 bridgehead atoms. The maximum atomic E-state index is 12.9. The van der Waals surface area contributed by atoms with Crippen LogP contribution in [0.15, 0.2) is 24.3 Å². The summed E-state index contributed by atoms with van der Waals surface area (Å²) in [5.74, 6) is -2.99. The average molecular weight is 484 g/mol. The summed E-state index contributed by atoms with van der Waals surface area (Å²) in [6, 6.07) is 1.90. The van der Waals surface area contributed by atoms with E-state index in [1.807, 2.05) is 0 Å². The Morgan fingerprint density at radius 2 is 1.58 bits per heavy atom. The van der Waals surface area contributed by atoms with Gasteiger partial charge in [-0.2, -0.15) is 12.6 Å². The van der Waals surface area contributed by atoms with Crippen LogP contribution in [0.5, 0.6) is 5.75 Å². The van der Waals surface area contributed by atoms with Gasteiger partial charge in [0.15, 0.2) is 0 Å². The molecule has 0 saturated carbocycles. The van der Waals surface area contributed by atoms with Crippen molar-refractivity contribution in [2.45, 2.75) is 56.8 Å². The molecule has 0 aliphatic carbocycles. The molecule has 33 heavy (non-hydrogen) atoms. The van der Waals surface area contributed by atoms with Crippen LogP contribution in [0, 0.1) is 0 Å². The number of hydrogen-bond donors (Lipinski definition) is 8. The van der Waals surface area contributed by atoms with Crippen molar-refractivity contribution in [3.63, 3.8) is 0 Å². The number of carboxylic acid groups (broad SMARTS) is 1. The van der Waals surface area contributed by atoms with E-state index < -0.39 is 47.9 Å². The summed E-state index contributed by atoms with van der Waals surface area (Å²) in [5.41, 5.74) is 11.7. The van der Waals surface area contributed by atoms with Crippen LogP contribution in [0.3, 0.4) is 0 Å². The van der Waals surface area contributed by atoms with Gasteiger partial charge in [0.2, 0.25) is 17.7 Å². The number of nitrogens with one attached hydrogen (secondary N) is 3. The number of benzene rings is 1. The van der Waals surface area contributed by atoms with Gasteiger partial charge in [-0.25, -0.2) is 4.79 Å². The third-order valence-electron chi connectivity index (χ3n) is 4.86. The highest BCUT2D eigenvalue weighted by molar-refractivity contribution is 7.80. The van der Waals surface area contributed by atoms with Gasteiger partial charge in [0.25, 0.3) is 0 Å². The molecular weight excluding hydrogens is 450 g/mol. The number of carboxylic acids is 1. The molecule has 0 saturated heterocycles. The van der Waals surface area contributed by atoms with Gasteiger partial charge in [0, 0.05) is 12.2 Å². The molecular formula is C21H33N5O6S. The molecule has 3 amide bonds. The number of thiol groups is 1. The van der Waals surface area contributed by atoms with E-state index in [9.17, 15) is 29.4 Å². The van der Waals surface area contributed by atoms with Gasteiger partial charge in [0.1, 0.15) is 23.9 Å². The summed E-state index contributed by atoms with van der Waals surface area (Å²) in [4.78, 5) is 49.0. The molecule has 1 aromatic rings. The van der Waals surface area contributed by atoms with Gasteiger partial charge in [-0.1, -0.05) is 12.1 Å². The van der Waals surface area contributed by atoms with Crippen LogP contribution >= 0.6 is 12.6 Å². The van der Waals surface area contributed by atoms with Gasteiger partial charge in [0.05, 0.1) is 6.04 Å². The summed E-state index contributed by atoms with van der Waals surface area (Å²) < 4.78 is 0. The minimum atomic E-state index is -1.18. The second-order valence-corrected chi connectivity index (χ2v) is 8.00. The lowest BCUT2D eigenvalue weighted by Crippen LogP contribution is -2.57. The molecule has 0 aromatic heterocycles. The number of carbonyl (C=O) groups is 4. The van der Waals surface area contributed by atoms with Crippen molar-refractivity contribution < 1.29 is 29.4 Å². The quantitative estimate of drug-likeness (QED) is 0.120. The fraction of sp³-hybridized carbons (Fsp3) is 0.524. The van der Waals surface area contributed by atoms with Gasteiger partial charge < -0.3 is 37.6 Å². The zero-order valence-electron chi connectivity index (χ0n) is 18.5. The third-order valence-corrected chi connectivity index (χ3v) is 5.25. The molecule has 9 N–H and O–H groups in total. The Kier molecular flexibility index (Phi) is 12.3. The fourth-order valence-electron chi connectivity index (χ4n) is 2.87. The smallest absolute Gasteiger partial charge is 0.326 e. The molecule has 0 aliphatic heterocycles. The zero-order chi connectivity index (χ0) is 25.0. The molecule has 0 fully saturated rings. The van der Waals surface area contributed by atoms with Gasteiger partial charge >= 0.3 is 5.97 Å². The molecule has 4 unspecified atom stereocenters. The van der Waals surface area contributed by atoms with Gasteiger partial charge in [-0.3, -0.25) is 14.4 Å². The number of carbonyl (C=O) groups excluding carboxylic acids is 3. The van der Waals surface area contributed by atoms with Crippen molar-refractivity contribution in [2.24, 2.45) is 11.5 Å². The Morgan fingerprint density at radius 3 is 2.12 bits per heavy atom. The van der Waals surface area contributed by atoms with Crippen LogP contribution < -0.4 is 27.4 Å². The number of phenolic OH excluding ortho intramolecular Hbond substituents is 1. The lowest BCUT2D eigenvalue weighted by Gasteiger charge is -2.23. The van der Waals surface area contributed by atoms with Crippen LogP contribution in [0.25, 0.3) is 0 Å². The first-order chi connectivity index (χ1) is 15.6. The highest BCUT2D eigenvalue weighted by atomic mass is 32.1. The lowest BCUT2D eigenvalue weighted by molar-refractivity contribution is -0.142. The van der Waals surface area contributed by atoms with E-state index in [2.05, 4.69) is 28.6 Å². The van der Waals surface area contributed by atoms with Crippen LogP contribution in [-0.2, 0) is 25.6 Å². The monoisotopic (exact) mass is 483 g/mol. The first kappa shape index (κ1) is 28.2. The predicted octanol–water partition coefficient (Wildman–Crippen LogP) is -1.12. The van der Waals surface area contributed by atoms with Crippen LogP contribution in [0.4, 0.5) is 0 Å². The Morgan fingerprint density at radius 1 is 0.970 bits per heavy atom. The Labute approximate surface area is 198 Å². The first-order valence-electron chi connectivity index (χ1n) is 10.6. The second-order valence-electron chi connectivity index (χ2n) is 7.63. The highest BCUT2D eigenvalue weighted by Gasteiger charge is 2.28. The van der Waals surface area contributed by atoms with E-state index in [0.717, 1.165) is 0 Å². The van der Waals surface area contributed by atoms with Crippen LogP contribution in [-0.4, -0.2) is 70.4 Å². The largest absolute Gasteiger partial charge is 0.508 e. The molecule has 11 nitrogen and oxygen atoms in total. The molecule has 0 radical (unpaired) electrons. The summed E-state index contributed by atoms with van der Waals surface area (Å²) in [5, 5.41) is 26.2. The molecule has 0 spiro atoms. The SMILES string of the molecule is CC(NC(=O)C(Cc1ccc(O)cc1)NC(=O)C(N)CS)C(=O)NC(CCCCN)C(=O)O. The number of nitrogens with two attached hydrogens (primary N) is 2. The molecule has 1 aromatic carbocycles. The van der Waals surface area contributed by atoms with Gasteiger partial charge in [-0.15, -0.1) is 0 Å². The average Bonchev–Trinajstić information content (AvgIpc) is 2.78. The number of aliphatic carboxylic acids is 1. The predicted molar refractivity (Wildman–Crippen MR) is 126 cm³/mol. The van der Waals surface area contributed by atoms with E-state index >= 15 is 0 Å².